The Bertz CT molecular complexity index is 655. The maximum absolute atomic E-state index is 12.1. The van der Waals surface area contributed by atoms with Gasteiger partial charge in [0.15, 0.2) is 0 Å². The molecule has 1 aromatic carbocycles. The minimum atomic E-state index is -3.38. The number of carbonyl (C=O) groups is 1. The molecule has 1 saturated heterocycles. The summed E-state index contributed by atoms with van der Waals surface area (Å²) in [6.45, 7) is 4.90. The second kappa shape index (κ2) is 9.17. The Balaban J connectivity index is 1.87. The predicted octanol–water partition coefficient (Wildman–Crippen LogP) is 1.52. The molecule has 1 N–H and O–H groups in total. The van der Waals surface area contributed by atoms with Crippen LogP contribution in [0.1, 0.15) is 19.8 Å². The summed E-state index contributed by atoms with van der Waals surface area (Å²) in [5.41, 5.74) is 1.74. The minimum Gasteiger partial charge on any atom is -0.378 e. The number of unbranched alkanes of at least 4 members (excludes halogenated alkanes) is 1. The van der Waals surface area contributed by atoms with Gasteiger partial charge < -0.3 is 15.0 Å². The van der Waals surface area contributed by atoms with E-state index in [2.05, 4.69) is 10.2 Å². The van der Waals surface area contributed by atoms with Crippen molar-refractivity contribution in [1.82, 2.24) is 4.31 Å². The third-order valence-electron chi connectivity index (χ3n) is 4.12. The number of ether oxygens (including phenoxy) is 1. The summed E-state index contributed by atoms with van der Waals surface area (Å²) in [5, 5.41) is 2.74. The molecule has 1 aliphatic rings. The molecule has 0 spiro atoms. The molecule has 1 heterocycles. The van der Waals surface area contributed by atoms with Gasteiger partial charge in [-0.2, -0.15) is 4.31 Å². The molecule has 7 nitrogen and oxygen atoms in total. The van der Waals surface area contributed by atoms with Gasteiger partial charge in [-0.1, -0.05) is 13.3 Å². The first-order chi connectivity index (χ1) is 11.9. The summed E-state index contributed by atoms with van der Waals surface area (Å²) in [6, 6.07) is 7.55. The van der Waals surface area contributed by atoms with E-state index in [0.717, 1.165) is 42.7 Å². The van der Waals surface area contributed by atoms with Crippen molar-refractivity contribution in [3.63, 3.8) is 0 Å². The molecule has 2 rings (SSSR count). The normalized spacial score (nSPS) is 15.4. The fourth-order valence-electron chi connectivity index (χ4n) is 2.56. The highest BCUT2D eigenvalue weighted by Crippen LogP contribution is 2.19. The summed E-state index contributed by atoms with van der Waals surface area (Å²) < 4.78 is 30.5. The van der Waals surface area contributed by atoms with Crippen LogP contribution in [-0.2, 0) is 19.6 Å². The highest BCUT2D eigenvalue weighted by molar-refractivity contribution is 7.89. The fraction of sp³-hybridized carbons (Fsp3) is 0.588. The number of hydrogen-bond acceptors (Lipinski definition) is 5. The molecule has 1 aromatic rings. The summed E-state index contributed by atoms with van der Waals surface area (Å²) in [7, 11) is -1.94. The van der Waals surface area contributed by atoms with Crippen molar-refractivity contribution in [1.29, 1.82) is 0 Å². The Morgan fingerprint density at radius 1 is 1.24 bits per heavy atom. The van der Waals surface area contributed by atoms with Crippen molar-refractivity contribution in [2.75, 3.05) is 55.9 Å². The Labute approximate surface area is 150 Å². The zero-order chi connectivity index (χ0) is 18.3. The number of morpholine rings is 1. The lowest BCUT2D eigenvalue weighted by Gasteiger charge is -2.28. The average molecular weight is 369 g/mol. The number of nitrogens with one attached hydrogen (secondary N) is 1. The second-order valence-electron chi connectivity index (χ2n) is 6.12. The number of sulfonamides is 1. The standard InChI is InChI=1S/C17H27N3O4S/c1-3-4-13-25(22,23)19(2)14-17(21)18-15-5-7-16(8-6-15)20-9-11-24-12-10-20/h5-8H,3-4,9-14H2,1-2H3,(H,18,21). The van der Waals surface area contributed by atoms with Gasteiger partial charge in [0.05, 0.1) is 25.5 Å². The number of amides is 1. The molecule has 0 unspecified atom stereocenters. The topological polar surface area (TPSA) is 79.0 Å². The highest BCUT2D eigenvalue weighted by Gasteiger charge is 2.20. The van der Waals surface area contributed by atoms with Crippen molar-refractivity contribution >= 4 is 27.3 Å². The molecule has 0 atom stereocenters. The van der Waals surface area contributed by atoms with Crippen molar-refractivity contribution in [2.45, 2.75) is 19.8 Å². The lowest BCUT2D eigenvalue weighted by atomic mass is 10.2. The number of hydrogen-bond donors (Lipinski definition) is 1. The van der Waals surface area contributed by atoms with E-state index in [-0.39, 0.29) is 18.2 Å². The fourth-order valence-corrected chi connectivity index (χ4v) is 3.84. The molecule has 8 heteroatoms. The van der Waals surface area contributed by atoms with Crippen LogP contribution in [0.3, 0.4) is 0 Å². The van der Waals surface area contributed by atoms with Crippen LogP contribution in [0.15, 0.2) is 24.3 Å². The second-order valence-corrected chi connectivity index (χ2v) is 8.32. The number of benzene rings is 1. The smallest absolute Gasteiger partial charge is 0.239 e. The highest BCUT2D eigenvalue weighted by atomic mass is 32.2. The molecule has 140 valence electrons. The van der Waals surface area contributed by atoms with Crippen LogP contribution in [0.4, 0.5) is 11.4 Å². The van der Waals surface area contributed by atoms with Gasteiger partial charge in [0.2, 0.25) is 15.9 Å². The van der Waals surface area contributed by atoms with Gasteiger partial charge in [0, 0.05) is 31.5 Å². The molecule has 1 fully saturated rings. The van der Waals surface area contributed by atoms with Gasteiger partial charge in [0.1, 0.15) is 0 Å². The summed E-state index contributed by atoms with van der Waals surface area (Å²) >= 11 is 0. The molecule has 0 bridgehead atoms. The molecular weight excluding hydrogens is 342 g/mol. The zero-order valence-electron chi connectivity index (χ0n) is 14.9. The van der Waals surface area contributed by atoms with E-state index in [1.165, 1.54) is 7.05 Å². The SMILES string of the molecule is CCCCS(=O)(=O)N(C)CC(=O)Nc1ccc(N2CCOCC2)cc1. The Morgan fingerprint density at radius 3 is 2.48 bits per heavy atom. The molecule has 1 aliphatic heterocycles. The van der Waals surface area contributed by atoms with E-state index < -0.39 is 10.0 Å². The largest absolute Gasteiger partial charge is 0.378 e. The monoisotopic (exact) mass is 369 g/mol. The van der Waals surface area contributed by atoms with Gasteiger partial charge in [-0.05, 0) is 30.7 Å². The molecule has 25 heavy (non-hydrogen) atoms. The first-order valence-electron chi connectivity index (χ1n) is 8.59. The van der Waals surface area contributed by atoms with Crippen LogP contribution < -0.4 is 10.2 Å². The van der Waals surface area contributed by atoms with Crippen LogP contribution >= 0.6 is 0 Å². The van der Waals surface area contributed by atoms with Crippen molar-refractivity contribution < 1.29 is 17.9 Å². The molecule has 0 aliphatic carbocycles. The maximum atomic E-state index is 12.1. The van der Waals surface area contributed by atoms with Crippen LogP contribution in [0.25, 0.3) is 0 Å². The van der Waals surface area contributed by atoms with Crippen molar-refractivity contribution in [3.8, 4) is 0 Å². The maximum Gasteiger partial charge on any atom is 0.239 e. The van der Waals surface area contributed by atoms with Gasteiger partial charge in [-0.15, -0.1) is 0 Å². The lowest BCUT2D eigenvalue weighted by Crippen LogP contribution is -2.36. The summed E-state index contributed by atoms with van der Waals surface area (Å²) in [4.78, 5) is 14.3. The van der Waals surface area contributed by atoms with E-state index in [4.69, 9.17) is 4.74 Å². The summed E-state index contributed by atoms with van der Waals surface area (Å²) in [5.74, 6) is -0.275. The Kier molecular flexibility index (Phi) is 7.22. The third kappa shape index (κ3) is 5.98. The van der Waals surface area contributed by atoms with Crippen molar-refractivity contribution in [2.24, 2.45) is 0 Å². The Morgan fingerprint density at radius 2 is 1.88 bits per heavy atom. The van der Waals surface area contributed by atoms with Crippen LogP contribution in [0.2, 0.25) is 0 Å². The molecule has 1 amide bonds. The third-order valence-corrected chi connectivity index (χ3v) is 6.01. The summed E-state index contributed by atoms with van der Waals surface area (Å²) in [6.07, 6.45) is 1.39. The van der Waals surface area contributed by atoms with Crippen molar-refractivity contribution in [3.05, 3.63) is 24.3 Å². The molecular formula is C17H27N3O4S. The number of likely N-dealkylation sites (N-methyl/N-ethyl adjacent to an activating group) is 1. The molecule has 0 saturated carbocycles. The van der Waals surface area contributed by atoms with E-state index in [9.17, 15) is 13.2 Å². The van der Waals surface area contributed by atoms with E-state index >= 15 is 0 Å². The number of rotatable bonds is 8. The number of nitrogens with zero attached hydrogens (tertiary/aromatic N) is 2. The average Bonchev–Trinajstić information content (AvgIpc) is 2.61. The van der Waals surface area contributed by atoms with Gasteiger partial charge in [-0.25, -0.2) is 8.42 Å². The molecule has 0 radical (unpaired) electrons. The first-order valence-corrected chi connectivity index (χ1v) is 10.2. The first kappa shape index (κ1) is 19.7. The van der Waals surface area contributed by atoms with E-state index in [1.54, 1.807) is 0 Å². The van der Waals surface area contributed by atoms with E-state index in [1.807, 2.05) is 31.2 Å². The zero-order valence-corrected chi connectivity index (χ0v) is 15.7. The van der Waals surface area contributed by atoms with Gasteiger partial charge >= 0.3 is 0 Å². The minimum absolute atomic E-state index is 0.0710. The quantitative estimate of drug-likeness (QED) is 0.752. The number of carbonyl (C=O) groups excluding carboxylic acids is 1. The molecule has 0 aromatic heterocycles. The lowest BCUT2D eigenvalue weighted by molar-refractivity contribution is -0.116. The van der Waals surface area contributed by atoms with Crippen LogP contribution in [0, 0.1) is 0 Å². The van der Waals surface area contributed by atoms with E-state index in [0.29, 0.717) is 12.1 Å². The predicted molar refractivity (Wildman–Crippen MR) is 99.4 cm³/mol. The van der Waals surface area contributed by atoms with Crippen LogP contribution in [-0.4, -0.2) is 64.3 Å². The van der Waals surface area contributed by atoms with Gasteiger partial charge in [0.25, 0.3) is 0 Å². The van der Waals surface area contributed by atoms with Gasteiger partial charge in [-0.3, -0.25) is 4.79 Å². The van der Waals surface area contributed by atoms with Crippen LogP contribution in [0.5, 0.6) is 0 Å². The number of anilines is 2. The Hall–Kier alpha value is -1.64.